The maximum Gasteiger partial charge on any atom is 0.122 e. The number of rotatable bonds is 7. The number of hydrogen-bond donors (Lipinski definition) is 0. The number of benzene rings is 2. The van der Waals surface area contributed by atoms with Crippen LogP contribution in [0.2, 0.25) is 0 Å². The summed E-state index contributed by atoms with van der Waals surface area (Å²) in [5.74, 6) is 2.60. The topological polar surface area (TPSA) is 21.7 Å². The number of halogens is 1. The second kappa shape index (κ2) is 10.4. The molecule has 0 N–H and O–H groups in total. The highest BCUT2D eigenvalue weighted by Gasteiger charge is 2.18. The van der Waals surface area contributed by atoms with Crippen molar-refractivity contribution in [2.75, 3.05) is 33.9 Å². The van der Waals surface area contributed by atoms with Crippen molar-refractivity contribution in [3.8, 4) is 11.5 Å². The maximum atomic E-state index is 6.21. The first-order chi connectivity index (χ1) is 12.2. The molecule has 0 bridgehead atoms. The molecular weight excluding hydrogens is 346 g/mol. The molecule has 3 rings (SSSR count). The molecule has 1 aliphatic rings. The molecule has 1 atom stereocenters. The van der Waals surface area contributed by atoms with E-state index in [9.17, 15) is 0 Å². The molecule has 1 aliphatic heterocycles. The van der Waals surface area contributed by atoms with E-state index >= 15 is 0 Å². The number of aryl methyl sites for hydroxylation is 2. The summed E-state index contributed by atoms with van der Waals surface area (Å²) < 4.78 is 11.5. The van der Waals surface area contributed by atoms with Crippen LogP contribution in [0.3, 0.4) is 0 Å². The Labute approximate surface area is 163 Å². The number of piperidine rings is 1. The van der Waals surface area contributed by atoms with Gasteiger partial charge in [-0.2, -0.15) is 0 Å². The van der Waals surface area contributed by atoms with Crippen molar-refractivity contribution in [3.63, 3.8) is 0 Å². The molecule has 0 aromatic heterocycles. The van der Waals surface area contributed by atoms with Crippen molar-refractivity contribution in [1.29, 1.82) is 0 Å². The van der Waals surface area contributed by atoms with Gasteiger partial charge in [-0.15, -0.1) is 12.4 Å². The van der Waals surface area contributed by atoms with Crippen LogP contribution in [0, 0.1) is 5.92 Å². The Morgan fingerprint density at radius 2 is 1.92 bits per heavy atom. The number of hydrogen-bond acceptors (Lipinski definition) is 3. The summed E-state index contributed by atoms with van der Waals surface area (Å²) in [7, 11) is 3.92. The molecule has 0 saturated carbocycles. The zero-order valence-electron chi connectivity index (χ0n) is 15.8. The summed E-state index contributed by atoms with van der Waals surface area (Å²) in [6.07, 6.45) is 4.52. The summed E-state index contributed by atoms with van der Waals surface area (Å²) in [5, 5.41) is 0. The molecule has 142 valence electrons. The minimum absolute atomic E-state index is 0. The van der Waals surface area contributed by atoms with Gasteiger partial charge >= 0.3 is 0 Å². The number of para-hydroxylation sites is 1. The third-order valence-corrected chi connectivity index (χ3v) is 4.99. The average molecular weight is 376 g/mol. The summed E-state index contributed by atoms with van der Waals surface area (Å²) in [6, 6.07) is 16.8. The van der Waals surface area contributed by atoms with Crippen LogP contribution in [-0.4, -0.2) is 38.8 Å². The van der Waals surface area contributed by atoms with Gasteiger partial charge in [0.25, 0.3) is 0 Å². The highest BCUT2D eigenvalue weighted by atomic mass is 35.5. The molecule has 0 radical (unpaired) electrons. The van der Waals surface area contributed by atoms with Gasteiger partial charge in [0, 0.05) is 12.5 Å². The van der Waals surface area contributed by atoms with Crippen LogP contribution in [0.1, 0.15) is 24.0 Å². The van der Waals surface area contributed by atoms with E-state index in [4.69, 9.17) is 9.47 Å². The smallest absolute Gasteiger partial charge is 0.122 e. The summed E-state index contributed by atoms with van der Waals surface area (Å²) in [5.41, 5.74) is 2.58. The quantitative estimate of drug-likeness (QED) is 0.704. The Morgan fingerprint density at radius 3 is 2.73 bits per heavy atom. The van der Waals surface area contributed by atoms with Crippen LogP contribution < -0.4 is 9.47 Å². The first-order valence-electron chi connectivity index (χ1n) is 9.27. The van der Waals surface area contributed by atoms with Crippen molar-refractivity contribution in [3.05, 3.63) is 59.7 Å². The van der Waals surface area contributed by atoms with Gasteiger partial charge in [0.2, 0.25) is 0 Å². The summed E-state index contributed by atoms with van der Waals surface area (Å²) >= 11 is 0. The molecule has 0 aliphatic carbocycles. The molecule has 1 fully saturated rings. The number of nitrogens with zero attached hydrogens (tertiary/aromatic N) is 1. The lowest BCUT2D eigenvalue weighted by atomic mass is 9.99. The third kappa shape index (κ3) is 5.93. The summed E-state index contributed by atoms with van der Waals surface area (Å²) in [6.45, 7) is 3.18. The molecule has 1 saturated heterocycles. The fourth-order valence-corrected chi connectivity index (χ4v) is 3.58. The first-order valence-corrected chi connectivity index (χ1v) is 9.27. The third-order valence-electron chi connectivity index (χ3n) is 4.99. The monoisotopic (exact) mass is 375 g/mol. The van der Waals surface area contributed by atoms with Crippen LogP contribution in [0.5, 0.6) is 11.5 Å². The second-order valence-electron chi connectivity index (χ2n) is 7.04. The van der Waals surface area contributed by atoms with E-state index in [1.807, 2.05) is 6.07 Å². The van der Waals surface area contributed by atoms with Gasteiger partial charge in [0.05, 0.1) is 13.7 Å². The van der Waals surface area contributed by atoms with Crippen LogP contribution in [0.25, 0.3) is 0 Å². The van der Waals surface area contributed by atoms with Crippen molar-refractivity contribution in [2.45, 2.75) is 25.7 Å². The molecule has 3 nitrogen and oxygen atoms in total. The van der Waals surface area contributed by atoms with Crippen LogP contribution in [-0.2, 0) is 12.8 Å². The van der Waals surface area contributed by atoms with Crippen molar-refractivity contribution in [2.24, 2.45) is 5.92 Å². The maximum absolute atomic E-state index is 6.21. The Hall–Kier alpha value is -1.71. The van der Waals surface area contributed by atoms with Crippen molar-refractivity contribution < 1.29 is 9.47 Å². The molecular formula is C22H30ClNO2. The highest BCUT2D eigenvalue weighted by Crippen LogP contribution is 2.23. The van der Waals surface area contributed by atoms with Crippen molar-refractivity contribution >= 4 is 12.4 Å². The fraction of sp³-hybridized carbons (Fsp3) is 0.455. The minimum atomic E-state index is 0. The van der Waals surface area contributed by atoms with Crippen LogP contribution in [0.4, 0.5) is 0 Å². The minimum Gasteiger partial charge on any atom is -0.497 e. The molecule has 0 amide bonds. The van der Waals surface area contributed by atoms with Gasteiger partial charge in [-0.1, -0.05) is 30.3 Å². The predicted molar refractivity (Wildman–Crippen MR) is 110 cm³/mol. The Balaban J connectivity index is 0.00000243. The molecule has 0 unspecified atom stereocenters. The number of likely N-dealkylation sites (tertiary alicyclic amines) is 1. The first kappa shape index (κ1) is 20.6. The van der Waals surface area contributed by atoms with Gasteiger partial charge in [0.15, 0.2) is 0 Å². The lowest BCUT2D eigenvalue weighted by molar-refractivity contribution is 0.150. The van der Waals surface area contributed by atoms with Gasteiger partial charge < -0.3 is 14.4 Å². The zero-order valence-corrected chi connectivity index (χ0v) is 16.6. The molecule has 2 aromatic carbocycles. The second-order valence-corrected chi connectivity index (χ2v) is 7.04. The van der Waals surface area contributed by atoms with E-state index < -0.39 is 0 Å². The predicted octanol–water partition coefficient (Wildman–Crippen LogP) is 4.62. The van der Waals surface area contributed by atoms with Gasteiger partial charge in [-0.3, -0.25) is 0 Å². The molecule has 4 heteroatoms. The van der Waals surface area contributed by atoms with Crippen LogP contribution in [0.15, 0.2) is 48.5 Å². The zero-order chi connectivity index (χ0) is 17.5. The van der Waals surface area contributed by atoms with Crippen LogP contribution >= 0.6 is 12.4 Å². The van der Waals surface area contributed by atoms with Gasteiger partial charge in [-0.25, -0.2) is 0 Å². The summed E-state index contributed by atoms with van der Waals surface area (Å²) in [4.78, 5) is 2.41. The molecule has 1 heterocycles. The van der Waals surface area contributed by atoms with E-state index in [1.54, 1.807) is 7.11 Å². The van der Waals surface area contributed by atoms with Gasteiger partial charge in [-0.05, 0) is 68.6 Å². The number of ether oxygens (including phenoxy) is 2. The Morgan fingerprint density at radius 1 is 1.08 bits per heavy atom. The number of methoxy groups -OCH3 is 1. The van der Waals surface area contributed by atoms with E-state index in [-0.39, 0.29) is 12.4 Å². The molecule has 0 spiro atoms. The van der Waals surface area contributed by atoms with E-state index in [2.05, 4.69) is 54.4 Å². The fourth-order valence-electron chi connectivity index (χ4n) is 3.58. The lowest BCUT2D eigenvalue weighted by Crippen LogP contribution is -2.34. The standard InChI is InChI=1S/C22H29NO2.ClH/c1-23-14-6-8-19(16-23)17-25-22-11-4-3-9-20(22)13-12-18-7-5-10-21(15-18)24-2;/h3-5,7,9-11,15,19H,6,8,12-14,16-17H2,1-2H3;1H/t19-;/m1./s1. The van der Waals surface area contributed by atoms with Gasteiger partial charge in [0.1, 0.15) is 11.5 Å². The Kier molecular flexibility index (Phi) is 8.27. The van der Waals surface area contributed by atoms with E-state index in [1.165, 1.54) is 30.5 Å². The highest BCUT2D eigenvalue weighted by molar-refractivity contribution is 5.85. The lowest BCUT2D eigenvalue weighted by Gasteiger charge is -2.29. The van der Waals surface area contributed by atoms with Crippen molar-refractivity contribution in [1.82, 2.24) is 4.90 Å². The van der Waals surface area contributed by atoms with E-state index in [0.29, 0.717) is 5.92 Å². The Bertz CT molecular complexity index is 677. The molecule has 26 heavy (non-hydrogen) atoms. The largest absolute Gasteiger partial charge is 0.497 e. The SMILES string of the molecule is COc1cccc(CCc2ccccc2OC[C@@H]2CCCN(C)C2)c1.Cl. The van der Waals surface area contributed by atoms with E-state index in [0.717, 1.165) is 37.5 Å². The molecule has 2 aromatic rings. The average Bonchev–Trinajstić information content (AvgIpc) is 2.65. The normalized spacial score (nSPS) is 17.4.